The predicted molar refractivity (Wildman–Crippen MR) is 88.6 cm³/mol. The summed E-state index contributed by atoms with van der Waals surface area (Å²) in [6.45, 7) is 0. The topological polar surface area (TPSA) is 76.4 Å². The van der Waals surface area contributed by atoms with Crippen LogP contribution in [0.15, 0.2) is 50.4 Å². The van der Waals surface area contributed by atoms with E-state index in [4.69, 9.17) is 16.0 Å². The summed E-state index contributed by atoms with van der Waals surface area (Å²) in [7, 11) is -3.38. The first-order valence-electron chi connectivity index (χ1n) is 6.00. The molecule has 0 saturated heterocycles. The Labute approximate surface area is 141 Å². The summed E-state index contributed by atoms with van der Waals surface area (Å²) in [5.41, 5.74) is 0.222. The average Bonchev–Trinajstić information content (AvgIpc) is 2.83. The van der Waals surface area contributed by atoms with E-state index in [2.05, 4.69) is 21.2 Å². The van der Waals surface area contributed by atoms with Crippen LogP contribution in [0.1, 0.15) is 5.76 Å². The highest BCUT2D eigenvalue weighted by Crippen LogP contribution is 2.25. The number of benzene rings is 1. The van der Waals surface area contributed by atoms with Gasteiger partial charge in [0.2, 0.25) is 5.91 Å². The third kappa shape index (κ3) is 4.46. The van der Waals surface area contributed by atoms with Crippen molar-refractivity contribution in [1.29, 1.82) is 0 Å². The molecule has 0 bridgehead atoms. The van der Waals surface area contributed by atoms with Crippen molar-refractivity contribution in [2.45, 2.75) is 4.90 Å². The molecule has 1 heterocycles. The fraction of sp³-hybridized carbons (Fsp3) is 0.0714. The lowest BCUT2D eigenvalue weighted by Gasteiger charge is -2.07. The molecule has 2 aromatic rings. The van der Waals surface area contributed by atoms with E-state index in [1.165, 1.54) is 30.4 Å². The first kappa shape index (κ1) is 16.8. The fourth-order valence-corrected chi connectivity index (χ4v) is 2.71. The van der Waals surface area contributed by atoms with Crippen LogP contribution in [0.2, 0.25) is 5.02 Å². The number of carbonyl (C=O) groups is 1. The van der Waals surface area contributed by atoms with Gasteiger partial charge in [-0.3, -0.25) is 4.79 Å². The van der Waals surface area contributed by atoms with Gasteiger partial charge in [-0.1, -0.05) is 11.6 Å². The number of sulfone groups is 1. The summed E-state index contributed by atoms with van der Waals surface area (Å²) in [6.07, 6.45) is 3.82. The van der Waals surface area contributed by atoms with E-state index in [1.54, 1.807) is 12.1 Å². The largest absolute Gasteiger partial charge is 0.450 e. The van der Waals surface area contributed by atoms with Crippen molar-refractivity contribution in [2.24, 2.45) is 0 Å². The quantitative estimate of drug-likeness (QED) is 0.787. The molecule has 0 atom stereocenters. The van der Waals surface area contributed by atoms with Crippen molar-refractivity contribution >= 4 is 55.0 Å². The number of carbonyl (C=O) groups excluding carboxylic acids is 1. The van der Waals surface area contributed by atoms with Crippen LogP contribution < -0.4 is 5.32 Å². The van der Waals surface area contributed by atoms with Gasteiger partial charge in [-0.05, 0) is 52.3 Å². The lowest BCUT2D eigenvalue weighted by atomic mass is 10.3. The molecule has 5 nitrogen and oxygen atoms in total. The van der Waals surface area contributed by atoms with E-state index in [9.17, 15) is 13.2 Å². The lowest BCUT2D eigenvalue weighted by Crippen LogP contribution is -2.09. The Hall–Kier alpha value is -1.57. The smallest absolute Gasteiger partial charge is 0.248 e. The molecule has 0 fully saturated rings. The summed E-state index contributed by atoms with van der Waals surface area (Å²) in [4.78, 5) is 11.9. The molecule has 1 aromatic heterocycles. The molecule has 0 spiro atoms. The van der Waals surface area contributed by atoms with Crippen LogP contribution in [0.3, 0.4) is 0 Å². The van der Waals surface area contributed by atoms with Crippen LogP contribution in [0, 0.1) is 0 Å². The third-order valence-electron chi connectivity index (χ3n) is 2.62. The number of rotatable bonds is 4. The maximum absolute atomic E-state index is 11.8. The van der Waals surface area contributed by atoms with E-state index in [0.29, 0.717) is 10.4 Å². The highest BCUT2D eigenvalue weighted by Gasteiger charge is 2.11. The molecule has 0 saturated carbocycles. The molecule has 0 unspecified atom stereocenters. The maximum Gasteiger partial charge on any atom is 0.248 e. The zero-order valence-corrected chi connectivity index (χ0v) is 14.5. The van der Waals surface area contributed by atoms with Crippen molar-refractivity contribution in [3.05, 3.63) is 51.9 Å². The average molecular weight is 405 g/mol. The molecule has 22 heavy (non-hydrogen) atoms. The van der Waals surface area contributed by atoms with Gasteiger partial charge in [0.1, 0.15) is 5.76 Å². The minimum atomic E-state index is -3.38. The van der Waals surface area contributed by atoms with Crippen LogP contribution in [-0.2, 0) is 14.6 Å². The van der Waals surface area contributed by atoms with Gasteiger partial charge in [0.05, 0.1) is 15.6 Å². The van der Waals surface area contributed by atoms with E-state index in [1.807, 2.05) is 0 Å². The molecule has 2 rings (SSSR count). The predicted octanol–water partition coefficient (Wildman–Crippen LogP) is 3.75. The molecule has 0 aliphatic heterocycles. The number of hydrogen-bond donors (Lipinski definition) is 1. The van der Waals surface area contributed by atoms with Gasteiger partial charge in [0, 0.05) is 12.3 Å². The van der Waals surface area contributed by atoms with E-state index >= 15 is 0 Å². The number of nitrogens with one attached hydrogen (secondary N) is 1. The van der Waals surface area contributed by atoms with Crippen molar-refractivity contribution < 1.29 is 17.6 Å². The fourth-order valence-electron chi connectivity index (χ4n) is 1.58. The second-order valence-electron chi connectivity index (χ2n) is 4.38. The van der Waals surface area contributed by atoms with Crippen LogP contribution in [-0.4, -0.2) is 20.6 Å². The van der Waals surface area contributed by atoms with E-state index < -0.39 is 15.7 Å². The van der Waals surface area contributed by atoms with Gasteiger partial charge < -0.3 is 9.73 Å². The van der Waals surface area contributed by atoms with Gasteiger partial charge in [0.15, 0.2) is 14.5 Å². The lowest BCUT2D eigenvalue weighted by molar-refractivity contribution is -0.111. The molecule has 1 N–H and O–H groups in total. The zero-order chi connectivity index (χ0) is 16.3. The van der Waals surface area contributed by atoms with E-state index in [0.717, 1.165) is 6.26 Å². The Balaban J connectivity index is 2.16. The molecule has 8 heteroatoms. The molecule has 0 radical (unpaired) electrons. The summed E-state index contributed by atoms with van der Waals surface area (Å²) in [5, 5.41) is 2.77. The highest BCUT2D eigenvalue weighted by atomic mass is 79.9. The monoisotopic (exact) mass is 403 g/mol. The molecule has 0 aliphatic carbocycles. The summed E-state index contributed by atoms with van der Waals surface area (Å²) in [5.74, 6) is 0.0399. The number of halogens is 2. The molecule has 1 aromatic carbocycles. The second kappa shape index (κ2) is 6.68. The van der Waals surface area contributed by atoms with Gasteiger partial charge in [0.25, 0.3) is 0 Å². The minimum absolute atomic E-state index is 0.0751. The first-order valence-corrected chi connectivity index (χ1v) is 9.06. The first-order chi connectivity index (χ1) is 10.3. The standard InChI is InChI=1S/C14H11BrClNO4S/c1-22(19,20)10-4-5-11(16)12(8-10)17-14(18)7-3-9-2-6-13(15)21-9/h2-8H,1H3,(H,17,18)/b7-3+. The zero-order valence-electron chi connectivity index (χ0n) is 11.3. The molecule has 1 amide bonds. The van der Waals surface area contributed by atoms with Crippen molar-refractivity contribution in [3.63, 3.8) is 0 Å². The summed E-state index contributed by atoms with van der Waals surface area (Å²) in [6, 6.07) is 7.49. The Kier molecular flexibility index (Phi) is 5.10. The minimum Gasteiger partial charge on any atom is -0.450 e. The van der Waals surface area contributed by atoms with Crippen LogP contribution in [0.4, 0.5) is 5.69 Å². The third-order valence-corrected chi connectivity index (χ3v) is 4.48. The molecule has 116 valence electrons. The molecular weight excluding hydrogens is 394 g/mol. The Bertz CT molecular complexity index is 842. The van der Waals surface area contributed by atoms with Crippen molar-refractivity contribution in [2.75, 3.05) is 11.6 Å². The Morgan fingerprint density at radius 2 is 2.05 bits per heavy atom. The molecular formula is C14H11BrClNO4S. The highest BCUT2D eigenvalue weighted by molar-refractivity contribution is 9.10. The SMILES string of the molecule is CS(=O)(=O)c1ccc(Cl)c(NC(=O)/C=C/c2ccc(Br)o2)c1. The van der Waals surface area contributed by atoms with Crippen molar-refractivity contribution in [3.8, 4) is 0 Å². The number of hydrogen-bond acceptors (Lipinski definition) is 4. The van der Waals surface area contributed by atoms with Crippen LogP contribution in [0.25, 0.3) is 6.08 Å². The summed E-state index contributed by atoms with van der Waals surface area (Å²) < 4.78 is 28.8. The Morgan fingerprint density at radius 1 is 1.32 bits per heavy atom. The normalized spacial score (nSPS) is 11.8. The Morgan fingerprint density at radius 3 is 2.64 bits per heavy atom. The molecule has 0 aliphatic rings. The van der Waals surface area contributed by atoms with Crippen LogP contribution >= 0.6 is 27.5 Å². The second-order valence-corrected chi connectivity index (χ2v) is 7.58. The van der Waals surface area contributed by atoms with E-state index in [-0.39, 0.29) is 15.6 Å². The van der Waals surface area contributed by atoms with Gasteiger partial charge in [-0.2, -0.15) is 0 Å². The van der Waals surface area contributed by atoms with Crippen molar-refractivity contribution in [1.82, 2.24) is 0 Å². The van der Waals surface area contributed by atoms with Gasteiger partial charge in [-0.15, -0.1) is 0 Å². The maximum atomic E-state index is 11.8. The van der Waals surface area contributed by atoms with Gasteiger partial charge in [-0.25, -0.2) is 8.42 Å². The van der Waals surface area contributed by atoms with Crippen LogP contribution in [0.5, 0.6) is 0 Å². The number of furan rings is 1. The summed E-state index contributed by atoms with van der Waals surface area (Å²) >= 11 is 9.11. The number of amides is 1. The number of anilines is 1. The van der Waals surface area contributed by atoms with Gasteiger partial charge >= 0.3 is 0 Å².